The Balaban J connectivity index is 2.20. The van der Waals surface area contributed by atoms with Crippen LogP contribution >= 0.6 is 11.6 Å². The molecule has 0 aromatic heterocycles. The van der Waals surface area contributed by atoms with Crippen LogP contribution in [-0.4, -0.2) is 20.6 Å². The van der Waals surface area contributed by atoms with Crippen LogP contribution in [-0.2, 0) is 9.84 Å². The summed E-state index contributed by atoms with van der Waals surface area (Å²) in [6, 6.07) is 13.2. The highest BCUT2D eigenvalue weighted by atomic mass is 35.5. The highest BCUT2D eigenvalue weighted by Crippen LogP contribution is 2.21. The van der Waals surface area contributed by atoms with Crippen molar-refractivity contribution in [3.8, 4) is 0 Å². The van der Waals surface area contributed by atoms with Gasteiger partial charge in [0, 0.05) is 6.26 Å². The molecule has 1 atom stereocenters. The molecule has 0 radical (unpaired) electrons. The Morgan fingerprint density at radius 1 is 1.13 bits per heavy atom. The lowest BCUT2D eigenvalue weighted by atomic mass is 10.0. The minimum atomic E-state index is -3.23. The third kappa shape index (κ3) is 4.33. The van der Waals surface area contributed by atoms with Crippen LogP contribution in [0.25, 0.3) is 0 Å². The van der Waals surface area contributed by atoms with Crippen molar-refractivity contribution in [3.63, 3.8) is 0 Å². The molecule has 0 fully saturated rings. The minimum absolute atomic E-state index is 0.215. The number of benzene rings is 2. The lowest BCUT2D eigenvalue weighted by Gasteiger charge is -2.18. The Hall–Kier alpha value is -1.85. The molecule has 0 aliphatic carbocycles. The molecule has 0 spiro atoms. The van der Waals surface area contributed by atoms with Gasteiger partial charge in [-0.25, -0.2) is 8.42 Å². The Kier molecular flexibility index (Phi) is 5.44. The van der Waals surface area contributed by atoms with Gasteiger partial charge in [0.25, 0.3) is 5.91 Å². The summed E-state index contributed by atoms with van der Waals surface area (Å²) in [5.74, 6) is -0.255. The number of carbonyl (C=O) groups is 1. The smallest absolute Gasteiger partial charge is 0.253 e. The Morgan fingerprint density at radius 3 is 2.26 bits per heavy atom. The van der Waals surface area contributed by atoms with E-state index in [1.165, 1.54) is 6.26 Å². The van der Waals surface area contributed by atoms with Gasteiger partial charge in [-0.1, -0.05) is 42.8 Å². The number of amides is 1. The first-order valence-corrected chi connectivity index (χ1v) is 9.45. The molecule has 0 saturated heterocycles. The summed E-state index contributed by atoms with van der Waals surface area (Å²) in [6.45, 7) is 1.95. The number of hydrogen-bond donors (Lipinski definition) is 1. The van der Waals surface area contributed by atoms with Crippen LogP contribution in [0.2, 0.25) is 5.02 Å². The average Bonchev–Trinajstić information content (AvgIpc) is 2.52. The molecular formula is C17H18ClNO3S. The van der Waals surface area contributed by atoms with Crippen LogP contribution in [0.1, 0.15) is 35.3 Å². The van der Waals surface area contributed by atoms with E-state index in [-0.39, 0.29) is 16.8 Å². The van der Waals surface area contributed by atoms with E-state index >= 15 is 0 Å². The van der Waals surface area contributed by atoms with E-state index in [4.69, 9.17) is 11.6 Å². The minimum Gasteiger partial charge on any atom is -0.345 e. The highest BCUT2D eigenvalue weighted by molar-refractivity contribution is 7.90. The number of nitrogens with one attached hydrogen (secondary N) is 1. The fourth-order valence-electron chi connectivity index (χ4n) is 2.25. The molecule has 0 saturated carbocycles. The fourth-order valence-corrected chi connectivity index (χ4v) is 3.10. The first kappa shape index (κ1) is 17.5. The quantitative estimate of drug-likeness (QED) is 0.894. The molecule has 122 valence electrons. The van der Waals surface area contributed by atoms with Crippen molar-refractivity contribution in [2.45, 2.75) is 24.3 Å². The second kappa shape index (κ2) is 7.15. The van der Waals surface area contributed by atoms with Gasteiger partial charge in [0.1, 0.15) is 0 Å². The number of rotatable bonds is 5. The third-order valence-electron chi connectivity index (χ3n) is 3.54. The van der Waals surface area contributed by atoms with E-state index in [9.17, 15) is 13.2 Å². The van der Waals surface area contributed by atoms with Gasteiger partial charge in [-0.2, -0.15) is 0 Å². The summed E-state index contributed by atoms with van der Waals surface area (Å²) in [5.41, 5.74) is 1.26. The van der Waals surface area contributed by atoms with Crippen molar-refractivity contribution in [2.24, 2.45) is 0 Å². The molecule has 2 aromatic rings. The van der Waals surface area contributed by atoms with E-state index in [1.54, 1.807) is 48.5 Å². The summed E-state index contributed by atoms with van der Waals surface area (Å²) < 4.78 is 23.0. The molecule has 6 heteroatoms. The molecule has 0 aliphatic rings. The summed E-state index contributed by atoms with van der Waals surface area (Å²) in [4.78, 5) is 12.6. The van der Waals surface area contributed by atoms with Crippen LogP contribution in [0.5, 0.6) is 0 Å². The predicted molar refractivity (Wildman–Crippen MR) is 91.5 cm³/mol. The standard InChI is InChI=1S/C17H18ClNO3S/c1-3-16(12-8-10-13(11-9-12)23(2,21)22)19-17(20)14-6-4-5-7-15(14)18/h4-11,16H,3H2,1-2H3,(H,19,20)/t16-/m0/s1. The van der Waals surface area contributed by atoms with E-state index in [2.05, 4.69) is 5.32 Å². The van der Waals surface area contributed by atoms with Crippen LogP contribution in [0.15, 0.2) is 53.4 Å². The van der Waals surface area contributed by atoms with Gasteiger partial charge in [0.15, 0.2) is 9.84 Å². The highest BCUT2D eigenvalue weighted by Gasteiger charge is 2.16. The van der Waals surface area contributed by atoms with Crippen LogP contribution in [0.3, 0.4) is 0 Å². The fraction of sp³-hybridized carbons (Fsp3) is 0.235. The van der Waals surface area contributed by atoms with Gasteiger partial charge in [-0.05, 0) is 36.2 Å². The molecule has 23 heavy (non-hydrogen) atoms. The molecule has 1 N–H and O–H groups in total. The zero-order valence-electron chi connectivity index (χ0n) is 12.9. The molecule has 0 bridgehead atoms. The van der Waals surface area contributed by atoms with Gasteiger partial charge in [0.2, 0.25) is 0 Å². The topological polar surface area (TPSA) is 63.2 Å². The number of hydrogen-bond acceptors (Lipinski definition) is 3. The van der Waals surface area contributed by atoms with E-state index in [0.717, 1.165) is 5.56 Å². The maximum absolute atomic E-state index is 12.3. The number of carbonyl (C=O) groups excluding carboxylic acids is 1. The zero-order valence-corrected chi connectivity index (χ0v) is 14.5. The van der Waals surface area contributed by atoms with Crippen molar-refractivity contribution in [1.82, 2.24) is 5.32 Å². The molecule has 4 nitrogen and oxygen atoms in total. The van der Waals surface area contributed by atoms with E-state index in [0.29, 0.717) is 17.0 Å². The SMILES string of the molecule is CC[C@H](NC(=O)c1ccccc1Cl)c1ccc(S(C)(=O)=O)cc1. The summed E-state index contributed by atoms with van der Waals surface area (Å²) >= 11 is 6.04. The second-order valence-electron chi connectivity index (χ2n) is 5.26. The van der Waals surface area contributed by atoms with Crippen molar-refractivity contribution in [3.05, 3.63) is 64.7 Å². The van der Waals surface area contributed by atoms with Gasteiger partial charge in [-0.3, -0.25) is 4.79 Å². The van der Waals surface area contributed by atoms with Crippen LogP contribution in [0, 0.1) is 0 Å². The monoisotopic (exact) mass is 351 g/mol. The molecular weight excluding hydrogens is 334 g/mol. The molecule has 0 unspecified atom stereocenters. The van der Waals surface area contributed by atoms with Gasteiger partial charge >= 0.3 is 0 Å². The van der Waals surface area contributed by atoms with Crippen molar-refractivity contribution >= 4 is 27.3 Å². The summed E-state index contributed by atoms with van der Waals surface area (Å²) in [6.07, 6.45) is 1.84. The van der Waals surface area contributed by atoms with Crippen molar-refractivity contribution in [2.75, 3.05) is 6.26 Å². The van der Waals surface area contributed by atoms with E-state index in [1.807, 2.05) is 6.92 Å². The Labute approximate surface area is 141 Å². The zero-order chi connectivity index (χ0) is 17.0. The summed E-state index contributed by atoms with van der Waals surface area (Å²) in [7, 11) is -3.23. The Morgan fingerprint density at radius 2 is 1.74 bits per heavy atom. The average molecular weight is 352 g/mol. The second-order valence-corrected chi connectivity index (χ2v) is 7.68. The summed E-state index contributed by atoms with van der Waals surface area (Å²) in [5, 5.41) is 3.32. The van der Waals surface area contributed by atoms with Gasteiger partial charge < -0.3 is 5.32 Å². The molecule has 2 aromatic carbocycles. The molecule has 1 amide bonds. The first-order chi connectivity index (χ1) is 10.8. The molecule has 0 aliphatic heterocycles. The van der Waals surface area contributed by atoms with Gasteiger partial charge in [0.05, 0.1) is 21.5 Å². The lowest BCUT2D eigenvalue weighted by molar-refractivity contribution is 0.0935. The van der Waals surface area contributed by atoms with Crippen molar-refractivity contribution < 1.29 is 13.2 Å². The van der Waals surface area contributed by atoms with E-state index < -0.39 is 9.84 Å². The number of halogens is 1. The largest absolute Gasteiger partial charge is 0.345 e. The van der Waals surface area contributed by atoms with Gasteiger partial charge in [-0.15, -0.1) is 0 Å². The molecule has 2 rings (SSSR count). The maximum atomic E-state index is 12.3. The number of sulfone groups is 1. The maximum Gasteiger partial charge on any atom is 0.253 e. The normalized spacial score (nSPS) is 12.7. The lowest BCUT2D eigenvalue weighted by Crippen LogP contribution is -2.28. The van der Waals surface area contributed by atoms with Crippen LogP contribution < -0.4 is 5.32 Å². The Bertz CT molecular complexity index is 801. The van der Waals surface area contributed by atoms with Crippen LogP contribution in [0.4, 0.5) is 0 Å². The molecule has 0 heterocycles. The van der Waals surface area contributed by atoms with Crippen molar-refractivity contribution in [1.29, 1.82) is 0 Å². The first-order valence-electron chi connectivity index (χ1n) is 7.18. The predicted octanol–water partition coefficient (Wildman–Crippen LogP) is 3.62. The third-order valence-corrected chi connectivity index (χ3v) is 5.00.